The van der Waals surface area contributed by atoms with Crippen LogP contribution in [0.25, 0.3) is 0 Å². The molecule has 1 rings (SSSR count). The van der Waals surface area contributed by atoms with Crippen LogP contribution in [0.5, 0.6) is 5.75 Å². The topological polar surface area (TPSA) is 84.9 Å². The standard InChI is InChI=1S/C14H23NO5S/c1-11(16)14(2,3)15-21(17,18)13-7-5-12(6-8-13)20-10-9-19-4/h5-8,11,15-16H,9-10H2,1-4H3. The lowest BCUT2D eigenvalue weighted by molar-refractivity contribution is 0.111. The zero-order chi connectivity index (χ0) is 16.1. The Kier molecular flexibility index (Phi) is 6.15. The van der Waals surface area contributed by atoms with Crippen molar-refractivity contribution in [3.8, 4) is 5.75 Å². The summed E-state index contributed by atoms with van der Waals surface area (Å²) >= 11 is 0. The minimum atomic E-state index is -3.70. The number of sulfonamides is 1. The van der Waals surface area contributed by atoms with E-state index in [1.165, 1.54) is 19.1 Å². The van der Waals surface area contributed by atoms with Gasteiger partial charge in [0.05, 0.1) is 23.1 Å². The van der Waals surface area contributed by atoms with Gasteiger partial charge in [-0.3, -0.25) is 0 Å². The maximum absolute atomic E-state index is 12.2. The number of nitrogens with one attached hydrogen (secondary N) is 1. The fourth-order valence-electron chi connectivity index (χ4n) is 1.45. The van der Waals surface area contributed by atoms with Crippen molar-refractivity contribution in [1.82, 2.24) is 4.72 Å². The number of aliphatic hydroxyl groups is 1. The van der Waals surface area contributed by atoms with Gasteiger partial charge < -0.3 is 14.6 Å². The molecule has 0 radical (unpaired) electrons. The Morgan fingerprint density at radius 2 is 1.81 bits per heavy atom. The number of benzene rings is 1. The molecule has 0 spiro atoms. The Bertz CT molecular complexity index is 537. The molecule has 2 N–H and O–H groups in total. The molecule has 0 aromatic heterocycles. The lowest BCUT2D eigenvalue weighted by atomic mass is 10.0. The first-order chi connectivity index (χ1) is 9.69. The van der Waals surface area contributed by atoms with Gasteiger partial charge in [0, 0.05) is 7.11 Å². The minimum Gasteiger partial charge on any atom is -0.491 e. The van der Waals surface area contributed by atoms with Crippen LogP contribution in [0.4, 0.5) is 0 Å². The number of aliphatic hydroxyl groups excluding tert-OH is 1. The maximum atomic E-state index is 12.2. The molecule has 1 atom stereocenters. The molecular weight excluding hydrogens is 294 g/mol. The molecule has 0 aliphatic carbocycles. The predicted octanol–water partition coefficient (Wildman–Crippen LogP) is 1.15. The molecular formula is C14H23NO5S. The summed E-state index contributed by atoms with van der Waals surface area (Å²) in [5.41, 5.74) is -0.952. The molecule has 0 heterocycles. The molecule has 0 saturated carbocycles. The second kappa shape index (κ2) is 7.22. The van der Waals surface area contributed by atoms with Crippen molar-refractivity contribution in [3.63, 3.8) is 0 Å². The number of hydrogen-bond donors (Lipinski definition) is 2. The van der Waals surface area contributed by atoms with Crippen molar-refractivity contribution in [1.29, 1.82) is 0 Å². The normalized spacial score (nSPS) is 14.0. The van der Waals surface area contributed by atoms with E-state index in [1.807, 2.05) is 0 Å². The lowest BCUT2D eigenvalue weighted by Crippen LogP contribution is -2.50. The summed E-state index contributed by atoms with van der Waals surface area (Å²) in [5.74, 6) is 0.570. The monoisotopic (exact) mass is 317 g/mol. The van der Waals surface area contributed by atoms with Crippen LogP contribution < -0.4 is 9.46 Å². The summed E-state index contributed by atoms with van der Waals surface area (Å²) < 4.78 is 37.2. The molecule has 1 aromatic rings. The van der Waals surface area contributed by atoms with Crippen molar-refractivity contribution >= 4 is 10.0 Å². The van der Waals surface area contributed by atoms with E-state index in [-0.39, 0.29) is 4.90 Å². The summed E-state index contributed by atoms with van der Waals surface area (Å²) in [5, 5.41) is 9.60. The molecule has 6 nitrogen and oxygen atoms in total. The SMILES string of the molecule is COCCOc1ccc(S(=O)(=O)NC(C)(C)C(C)O)cc1. The Morgan fingerprint density at radius 3 is 2.29 bits per heavy atom. The molecule has 1 unspecified atom stereocenters. The lowest BCUT2D eigenvalue weighted by Gasteiger charge is -2.28. The average Bonchev–Trinajstić information content (AvgIpc) is 2.38. The van der Waals surface area contributed by atoms with Gasteiger partial charge in [-0.05, 0) is 45.0 Å². The van der Waals surface area contributed by atoms with Gasteiger partial charge in [-0.2, -0.15) is 0 Å². The summed E-state index contributed by atoms with van der Waals surface area (Å²) in [6, 6.07) is 6.09. The van der Waals surface area contributed by atoms with E-state index in [2.05, 4.69) is 4.72 Å². The third-order valence-electron chi connectivity index (χ3n) is 3.13. The molecule has 0 aliphatic rings. The predicted molar refractivity (Wildman–Crippen MR) is 79.9 cm³/mol. The average molecular weight is 317 g/mol. The second-order valence-corrected chi connectivity index (χ2v) is 7.00. The van der Waals surface area contributed by atoms with Crippen LogP contribution in [-0.2, 0) is 14.8 Å². The van der Waals surface area contributed by atoms with Gasteiger partial charge in [0.15, 0.2) is 0 Å². The van der Waals surface area contributed by atoms with E-state index in [9.17, 15) is 13.5 Å². The molecule has 0 aliphatic heterocycles. The Balaban J connectivity index is 2.80. The van der Waals surface area contributed by atoms with Gasteiger partial charge >= 0.3 is 0 Å². The number of rotatable bonds is 8. The van der Waals surface area contributed by atoms with Crippen molar-refractivity contribution in [2.24, 2.45) is 0 Å². The van der Waals surface area contributed by atoms with E-state index in [0.29, 0.717) is 19.0 Å². The first-order valence-corrected chi connectivity index (χ1v) is 8.11. The van der Waals surface area contributed by atoms with Crippen molar-refractivity contribution in [2.75, 3.05) is 20.3 Å². The summed E-state index contributed by atoms with van der Waals surface area (Å²) in [4.78, 5) is 0.121. The summed E-state index contributed by atoms with van der Waals surface area (Å²) in [6.45, 7) is 5.64. The highest BCUT2D eigenvalue weighted by Gasteiger charge is 2.30. The molecule has 0 saturated heterocycles. The van der Waals surface area contributed by atoms with E-state index in [1.54, 1.807) is 33.1 Å². The first kappa shape index (κ1) is 17.9. The van der Waals surface area contributed by atoms with E-state index < -0.39 is 21.7 Å². The van der Waals surface area contributed by atoms with E-state index in [0.717, 1.165) is 0 Å². The van der Waals surface area contributed by atoms with Crippen LogP contribution in [0.3, 0.4) is 0 Å². The summed E-state index contributed by atoms with van der Waals surface area (Å²) in [7, 11) is -2.12. The molecule has 7 heteroatoms. The number of hydrogen-bond acceptors (Lipinski definition) is 5. The van der Waals surface area contributed by atoms with Gasteiger partial charge in [0.2, 0.25) is 10.0 Å². The minimum absolute atomic E-state index is 0.121. The molecule has 21 heavy (non-hydrogen) atoms. The van der Waals surface area contributed by atoms with Gasteiger partial charge in [-0.15, -0.1) is 0 Å². The molecule has 0 amide bonds. The fraction of sp³-hybridized carbons (Fsp3) is 0.571. The van der Waals surface area contributed by atoms with Crippen LogP contribution in [0, 0.1) is 0 Å². The third kappa shape index (κ3) is 5.28. The molecule has 120 valence electrons. The Hall–Kier alpha value is -1.15. The quantitative estimate of drug-likeness (QED) is 0.703. The highest BCUT2D eigenvalue weighted by atomic mass is 32.2. The van der Waals surface area contributed by atoms with Gasteiger partial charge in [0.25, 0.3) is 0 Å². The molecule has 1 aromatic carbocycles. The van der Waals surface area contributed by atoms with Crippen LogP contribution in [0.15, 0.2) is 29.2 Å². The van der Waals surface area contributed by atoms with Crippen LogP contribution in [0.2, 0.25) is 0 Å². The molecule has 0 bridgehead atoms. The Morgan fingerprint density at radius 1 is 1.24 bits per heavy atom. The second-order valence-electron chi connectivity index (χ2n) is 5.32. The zero-order valence-corrected chi connectivity index (χ0v) is 13.6. The van der Waals surface area contributed by atoms with Crippen LogP contribution in [-0.4, -0.2) is 45.5 Å². The highest BCUT2D eigenvalue weighted by Crippen LogP contribution is 2.19. The number of methoxy groups -OCH3 is 1. The number of ether oxygens (including phenoxy) is 2. The third-order valence-corrected chi connectivity index (χ3v) is 4.82. The zero-order valence-electron chi connectivity index (χ0n) is 12.8. The largest absolute Gasteiger partial charge is 0.491 e. The van der Waals surface area contributed by atoms with Gasteiger partial charge in [0.1, 0.15) is 12.4 Å². The van der Waals surface area contributed by atoms with Crippen LogP contribution >= 0.6 is 0 Å². The fourth-order valence-corrected chi connectivity index (χ4v) is 2.92. The van der Waals surface area contributed by atoms with Crippen molar-refractivity contribution < 1.29 is 23.0 Å². The van der Waals surface area contributed by atoms with Crippen molar-refractivity contribution in [2.45, 2.75) is 37.3 Å². The van der Waals surface area contributed by atoms with Gasteiger partial charge in [-0.1, -0.05) is 0 Å². The Labute approximate surface area is 126 Å². The van der Waals surface area contributed by atoms with Crippen molar-refractivity contribution in [3.05, 3.63) is 24.3 Å². The van der Waals surface area contributed by atoms with E-state index >= 15 is 0 Å². The maximum Gasteiger partial charge on any atom is 0.241 e. The summed E-state index contributed by atoms with van der Waals surface area (Å²) in [6.07, 6.45) is -0.816. The highest BCUT2D eigenvalue weighted by molar-refractivity contribution is 7.89. The first-order valence-electron chi connectivity index (χ1n) is 6.63. The molecule has 0 fully saturated rings. The van der Waals surface area contributed by atoms with E-state index in [4.69, 9.17) is 9.47 Å². The van der Waals surface area contributed by atoms with Crippen LogP contribution in [0.1, 0.15) is 20.8 Å². The smallest absolute Gasteiger partial charge is 0.241 e. The van der Waals surface area contributed by atoms with Gasteiger partial charge in [-0.25, -0.2) is 13.1 Å².